The molecule has 2 atom stereocenters. The van der Waals surface area contributed by atoms with Gasteiger partial charge in [-0.2, -0.15) is 5.26 Å². The molecule has 1 aromatic carbocycles. The zero-order valence-electron chi connectivity index (χ0n) is 14.1. The van der Waals surface area contributed by atoms with Crippen LogP contribution in [0.15, 0.2) is 42.7 Å². The fourth-order valence-electron chi connectivity index (χ4n) is 3.09. The van der Waals surface area contributed by atoms with Gasteiger partial charge in [0.2, 0.25) is 0 Å². The van der Waals surface area contributed by atoms with Crippen LogP contribution in [0.25, 0.3) is 0 Å². The molecule has 1 saturated heterocycles. The number of ether oxygens (including phenoxy) is 2. The molecule has 0 amide bonds. The van der Waals surface area contributed by atoms with Crippen LogP contribution < -0.4 is 4.74 Å². The maximum atomic E-state index is 13.5. The first kappa shape index (κ1) is 17.3. The maximum Gasteiger partial charge on any atom is 0.140 e. The SMILES string of the molecule is CO[C@@H]1C[C@@H](COc2cccnc2)N(Cc2ccc(F)c(C#N)c2)C1. The topological polar surface area (TPSA) is 58.4 Å². The van der Waals surface area contributed by atoms with Gasteiger partial charge >= 0.3 is 0 Å². The molecule has 2 aromatic rings. The lowest BCUT2D eigenvalue weighted by molar-refractivity contribution is 0.107. The minimum Gasteiger partial charge on any atom is -0.490 e. The summed E-state index contributed by atoms with van der Waals surface area (Å²) in [6.45, 7) is 1.92. The van der Waals surface area contributed by atoms with Crippen molar-refractivity contribution in [2.24, 2.45) is 0 Å². The summed E-state index contributed by atoms with van der Waals surface area (Å²) in [6.07, 6.45) is 4.39. The van der Waals surface area contributed by atoms with Gasteiger partial charge < -0.3 is 9.47 Å². The van der Waals surface area contributed by atoms with Crippen LogP contribution in [0.4, 0.5) is 4.39 Å². The van der Waals surface area contributed by atoms with Gasteiger partial charge in [-0.25, -0.2) is 4.39 Å². The highest BCUT2D eigenvalue weighted by atomic mass is 19.1. The van der Waals surface area contributed by atoms with Crippen molar-refractivity contribution in [1.29, 1.82) is 5.26 Å². The third-order valence-corrected chi connectivity index (χ3v) is 4.44. The monoisotopic (exact) mass is 341 g/mol. The number of nitriles is 1. The Morgan fingerprint density at radius 2 is 2.28 bits per heavy atom. The van der Waals surface area contributed by atoms with Gasteiger partial charge in [0.1, 0.15) is 24.2 Å². The van der Waals surface area contributed by atoms with Crippen molar-refractivity contribution in [2.45, 2.75) is 25.1 Å². The van der Waals surface area contributed by atoms with Crippen molar-refractivity contribution in [3.8, 4) is 11.8 Å². The van der Waals surface area contributed by atoms with Crippen LogP contribution in [0.1, 0.15) is 17.5 Å². The standard InChI is InChI=1S/C19H20FN3O2/c1-24-18-8-16(13-25-17-3-2-6-22-10-17)23(12-18)11-14-4-5-19(20)15(7-14)9-21/h2-7,10,16,18H,8,11-13H2,1H3/t16-,18+/m0/s1. The predicted octanol–water partition coefficient (Wildman–Crippen LogP) is 2.76. The zero-order chi connectivity index (χ0) is 17.6. The molecule has 5 nitrogen and oxygen atoms in total. The lowest BCUT2D eigenvalue weighted by Gasteiger charge is -2.24. The van der Waals surface area contributed by atoms with Crippen molar-refractivity contribution in [3.05, 3.63) is 59.7 Å². The molecule has 0 aliphatic carbocycles. The normalized spacial score (nSPS) is 20.4. The minimum atomic E-state index is -0.487. The highest BCUT2D eigenvalue weighted by Crippen LogP contribution is 2.24. The van der Waals surface area contributed by atoms with Gasteiger partial charge in [0.15, 0.2) is 0 Å². The second kappa shape index (κ2) is 8.06. The number of halogens is 1. The number of hydrogen-bond donors (Lipinski definition) is 0. The van der Waals surface area contributed by atoms with Gasteiger partial charge in [0.25, 0.3) is 0 Å². The van der Waals surface area contributed by atoms with Gasteiger partial charge in [0.05, 0.1) is 17.9 Å². The summed E-state index contributed by atoms with van der Waals surface area (Å²) in [5, 5.41) is 9.00. The second-order valence-electron chi connectivity index (χ2n) is 6.10. The molecule has 0 radical (unpaired) electrons. The molecule has 1 fully saturated rings. The zero-order valence-corrected chi connectivity index (χ0v) is 14.1. The van der Waals surface area contributed by atoms with E-state index < -0.39 is 5.82 Å². The summed E-state index contributed by atoms with van der Waals surface area (Å²) < 4.78 is 24.8. The lowest BCUT2D eigenvalue weighted by atomic mass is 10.1. The molecule has 0 saturated carbocycles. The largest absolute Gasteiger partial charge is 0.490 e. The van der Waals surface area contributed by atoms with Crippen molar-refractivity contribution >= 4 is 0 Å². The van der Waals surface area contributed by atoms with Gasteiger partial charge in [-0.1, -0.05) is 6.07 Å². The summed E-state index contributed by atoms with van der Waals surface area (Å²) in [4.78, 5) is 6.29. The van der Waals surface area contributed by atoms with Gasteiger partial charge in [-0.3, -0.25) is 9.88 Å². The molecule has 1 aliphatic heterocycles. The van der Waals surface area contributed by atoms with Crippen LogP contribution in [0.3, 0.4) is 0 Å². The summed E-state index contributed by atoms with van der Waals surface area (Å²) in [5.74, 6) is 0.246. The smallest absolute Gasteiger partial charge is 0.140 e. The first-order chi connectivity index (χ1) is 12.2. The van der Waals surface area contributed by atoms with Crippen LogP contribution >= 0.6 is 0 Å². The van der Waals surface area contributed by atoms with Gasteiger partial charge in [-0.05, 0) is 36.2 Å². The van der Waals surface area contributed by atoms with Crippen LogP contribution in [-0.2, 0) is 11.3 Å². The lowest BCUT2D eigenvalue weighted by Crippen LogP contribution is -2.34. The van der Waals surface area contributed by atoms with Crippen molar-refractivity contribution in [3.63, 3.8) is 0 Å². The van der Waals surface area contributed by atoms with Crippen LogP contribution in [0.2, 0.25) is 0 Å². The van der Waals surface area contributed by atoms with E-state index in [2.05, 4.69) is 9.88 Å². The van der Waals surface area contributed by atoms with E-state index in [1.807, 2.05) is 18.2 Å². The first-order valence-electron chi connectivity index (χ1n) is 8.17. The average molecular weight is 341 g/mol. The summed E-state index contributed by atoms with van der Waals surface area (Å²) in [5.41, 5.74) is 0.976. The van der Waals surface area contributed by atoms with Crippen molar-refractivity contribution in [2.75, 3.05) is 20.3 Å². The van der Waals surface area contributed by atoms with E-state index in [4.69, 9.17) is 14.7 Å². The Hall–Kier alpha value is -2.49. The molecule has 0 N–H and O–H groups in total. The molecule has 3 rings (SSSR count). The van der Waals surface area contributed by atoms with E-state index in [1.165, 1.54) is 6.07 Å². The quantitative estimate of drug-likeness (QED) is 0.809. The van der Waals surface area contributed by atoms with E-state index in [-0.39, 0.29) is 17.7 Å². The van der Waals surface area contributed by atoms with E-state index in [1.54, 1.807) is 31.6 Å². The molecule has 0 unspecified atom stereocenters. The molecule has 25 heavy (non-hydrogen) atoms. The Labute approximate surface area is 146 Å². The molecular weight excluding hydrogens is 321 g/mol. The highest BCUT2D eigenvalue weighted by Gasteiger charge is 2.32. The molecule has 0 spiro atoms. The number of pyridine rings is 1. The molecule has 6 heteroatoms. The molecular formula is C19H20FN3O2. The number of hydrogen-bond acceptors (Lipinski definition) is 5. The van der Waals surface area contributed by atoms with Crippen LogP contribution in [-0.4, -0.2) is 42.3 Å². The Kier molecular flexibility index (Phi) is 5.59. The van der Waals surface area contributed by atoms with E-state index in [0.717, 1.165) is 24.3 Å². The summed E-state index contributed by atoms with van der Waals surface area (Å²) in [7, 11) is 1.71. The third-order valence-electron chi connectivity index (χ3n) is 4.44. The van der Waals surface area contributed by atoms with Gasteiger partial charge in [0, 0.05) is 32.4 Å². The molecule has 130 valence electrons. The van der Waals surface area contributed by atoms with Crippen LogP contribution in [0.5, 0.6) is 5.75 Å². The van der Waals surface area contributed by atoms with Crippen molar-refractivity contribution < 1.29 is 13.9 Å². The number of rotatable bonds is 6. The third kappa shape index (κ3) is 4.32. The summed E-state index contributed by atoms with van der Waals surface area (Å²) in [6, 6.07) is 10.4. The molecule has 1 aliphatic rings. The number of aromatic nitrogens is 1. The number of methoxy groups -OCH3 is 1. The summed E-state index contributed by atoms with van der Waals surface area (Å²) >= 11 is 0. The minimum absolute atomic E-state index is 0.0724. The van der Waals surface area contributed by atoms with E-state index >= 15 is 0 Å². The molecule has 0 bridgehead atoms. The van der Waals surface area contributed by atoms with E-state index in [9.17, 15) is 4.39 Å². The van der Waals surface area contributed by atoms with Crippen molar-refractivity contribution in [1.82, 2.24) is 9.88 Å². The number of nitrogens with zero attached hydrogens (tertiary/aromatic N) is 3. The fourth-order valence-corrected chi connectivity index (χ4v) is 3.09. The Bertz CT molecular complexity index is 748. The Morgan fingerprint density at radius 3 is 3.00 bits per heavy atom. The number of likely N-dealkylation sites (tertiary alicyclic amines) is 1. The first-order valence-corrected chi connectivity index (χ1v) is 8.17. The van der Waals surface area contributed by atoms with Gasteiger partial charge in [-0.15, -0.1) is 0 Å². The highest BCUT2D eigenvalue weighted by molar-refractivity contribution is 5.34. The number of benzene rings is 1. The Balaban J connectivity index is 1.68. The predicted molar refractivity (Wildman–Crippen MR) is 90.5 cm³/mol. The fraction of sp³-hybridized carbons (Fsp3) is 0.368. The second-order valence-corrected chi connectivity index (χ2v) is 6.10. The van der Waals surface area contributed by atoms with E-state index in [0.29, 0.717) is 13.2 Å². The van der Waals surface area contributed by atoms with Crippen LogP contribution in [0, 0.1) is 17.1 Å². The Morgan fingerprint density at radius 1 is 1.40 bits per heavy atom. The molecule has 1 aromatic heterocycles. The molecule has 2 heterocycles. The maximum absolute atomic E-state index is 13.5. The average Bonchev–Trinajstić information content (AvgIpc) is 3.04.